The zero-order chi connectivity index (χ0) is 34.4. The van der Waals surface area contributed by atoms with Crippen LogP contribution in [0.5, 0.6) is 0 Å². The minimum atomic E-state index is -0.481. The van der Waals surface area contributed by atoms with E-state index in [1.54, 1.807) is 45.4 Å². The van der Waals surface area contributed by atoms with Gasteiger partial charge in [-0.25, -0.2) is 4.39 Å². The highest BCUT2D eigenvalue weighted by molar-refractivity contribution is 5.93. The number of rotatable bonds is 16. The van der Waals surface area contributed by atoms with Gasteiger partial charge in [0.25, 0.3) is 0 Å². The maximum absolute atomic E-state index is 12.3. The Bertz CT molecular complexity index is 1200. The van der Waals surface area contributed by atoms with Crippen LogP contribution >= 0.6 is 0 Å². The second-order valence-corrected chi connectivity index (χ2v) is 10.5. The lowest BCUT2D eigenvalue weighted by molar-refractivity contribution is -0.120. The molecule has 0 aromatic carbocycles. The third kappa shape index (κ3) is 15.5. The highest BCUT2D eigenvalue weighted by Crippen LogP contribution is 2.30. The molecule has 1 aromatic heterocycles. The van der Waals surface area contributed by atoms with E-state index in [4.69, 9.17) is 11.5 Å². The van der Waals surface area contributed by atoms with E-state index < -0.39 is 6.67 Å². The van der Waals surface area contributed by atoms with Crippen molar-refractivity contribution in [3.63, 3.8) is 0 Å². The Balaban J connectivity index is 0.000000835. The molecule has 2 rings (SSSR count). The summed E-state index contributed by atoms with van der Waals surface area (Å²) < 4.78 is 12.1. The number of hydrogen-bond donors (Lipinski definition) is 5. The van der Waals surface area contributed by atoms with Crippen LogP contribution in [-0.2, 0) is 9.59 Å². The Hall–Kier alpha value is -4.05. The lowest BCUT2D eigenvalue weighted by Gasteiger charge is -2.34. The van der Waals surface area contributed by atoms with E-state index in [1.807, 2.05) is 52.8 Å². The van der Waals surface area contributed by atoms with Gasteiger partial charge in [0, 0.05) is 54.3 Å². The number of nitrogens with two attached hydrogens (primary N) is 2. The Kier molecular flexibility index (Phi) is 21.2. The molecule has 1 unspecified atom stereocenters. The monoisotopic (exact) mass is 625 g/mol. The van der Waals surface area contributed by atoms with E-state index in [1.165, 1.54) is 6.08 Å². The van der Waals surface area contributed by atoms with E-state index in [9.17, 15) is 14.0 Å². The molecule has 9 nitrogen and oxygen atoms in total. The molecular formula is C35H56FN7O2. The summed E-state index contributed by atoms with van der Waals surface area (Å²) in [6.07, 6.45) is 12.7. The number of nitrogens with zero attached hydrogens (tertiary/aromatic N) is 2. The van der Waals surface area contributed by atoms with Crippen molar-refractivity contribution in [2.45, 2.75) is 73.8 Å². The van der Waals surface area contributed by atoms with E-state index in [0.717, 1.165) is 47.4 Å². The minimum absolute atomic E-state index is 0.0149. The molecule has 0 bridgehead atoms. The molecule has 10 heteroatoms. The van der Waals surface area contributed by atoms with Crippen LogP contribution in [-0.4, -0.2) is 55.2 Å². The molecule has 0 saturated carbocycles. The second-order valence-electron chi connectivity index (χ2n) is 10.5. The fourth-order valence-electron chi connectivity index (χ4n) is 4.69. The summed E-state index contributed by atoms with van der Waals surface area (Å²) in [6, 6.07) is 4.26. The first-order valence-corrected chi connectivity index (χ1v) is 15.6. The molecule has 0 amide bonds. The van der Waals surface area contributed by atoms with Crippen molar-refractivity contribution in [3.8, 4) is 0 Å². The van der Waals surface area contributed by atoms with Crippen LogP contribution in [0.4, 0.5) is 4.39 Å². The number of amidine groups is 1. The van der Waals surface area contributed by atoms with E-state index >= 15 is 0 Å². The van der Waals surface area contributed by atoms with Gasteiger partial charge in [-0.3, -0.25) is 14.6 Å². The fourth-order valence-corrected chi connectivity index (χ4v) is 4.69. The summed E-state index contributed by atoms with van der Waals surface area (Å²) >= 11 is 0. The number of halogens is 1. The number of hydrogen-bond acceptors (Lipinski definition) is 8. The second kappa shape index (κ2) is 23.3. The molecule has 0 spiro atoms. The number of hydrazone groups is 1. The third-order valence-corrected chi connectivity index (χ3v) is 7.14. The number of carbonyl (C=O) groups is 2. The van der Waals surface area contributed by atoms with Crippen molar-refractivity contribution in [1.29, 1.82) is 0 Å². The molecule has 1 aliphatic heterocycles. The van der Waals surface area contributed by atoms with Crippen molar-refractivity contribution in [1.82, 2.24) is 21.0 Å². The van der Waals surface area contributed by atoms with Gasteiger partial charge in [0.2, 0.25) is 0 Å². The number of nitrogens with one attached hydrogen (secondary N) is 3. The van der Waals surface area contributed by atoms with Crippen molar-refractivity contribution in [2.24, 2.45) is 28.4 Å². The van der Waals surface area contributed by atoms with Crippen molar-refractivity contribution < 1.29 is 14.0 Å². The number of allylic oxidation sites excluding steroid dienone is 8. The topological polar surface area (TPSA) is 148 Å². The molecule has 0 aliphatic carbocycles. The Labute approximate surface area is 270 Å². The quantitative estimate of drug-likeness (QED) is 0.0537. The molecule has 250 valence electrons. The summed E-state index contributed by atoms with van der Waals surface area (Å²) in [4.78, 5) is 28.6. The number of ketones is 2. The van der Waals surface area contributed by atoms with Crippen molar-refractivity contribution in [2.75, 3.05) is 26.8 Å². The highest BCUT2D eigenvalue weighted by atomic mass is 19.1. The molecule has 1 fully saturated rings. The molecular weight excluding hydrogens is 569 g/mol. The summed E-state index contributed by atoms with van der Waals surface area (Å²) in [6.45, 7) is 17.4. The first-order valence-electron chi connectivity index (χ1n) is 15.6. The SMILES string of the molecule is C=C/C(=C(/C)N)c1ccc(C(/C=C\CF)=C/C)nc1.CC.CN/C=C(/C(C)=O)C(C)[C@@H](CC(=O)CN/N=C(\C)N)C[C@H]1CCN1. The number of carbonyl (C=O) groups excluding carboxylic acids is 2. The van der Waals surface area contributed by atoms with Crippen LogP contribution in [0.3, 0.4) is 0 Å². The van der Waals surface area contributed by atoms with E-state index in [-0.39, 0.29) is 29.9 Å². The van der Waals surface area contributed by atoms with Crippen LogP contribution in [0.25, 0.3) is 11.1 Å². The smallest absolute Gasteiger partial charge is 0.157 e. The molecule has 7 N–H and O–H groups in total. The largest absolute Gasteiger partial charge is 0.402 e. The van der Waals surface area contributed by atoms with E-state index in [2.05, 4.69) is 32.7 Å². The predicted octanol–water partition coefficient (Wildman–Crippen LogP) is 5.44. The summed E-state index contributed by atoms with van der Waals surface area (Å²) in [7, 11) is 1.78. The van der Waals surface area contributed by atoms with E-state index in [0.29, 0.717) is 24.0 Å². The maximum atomic E-state index is 12.3. The number of alkyl halides is 1. The predicted molar refractivity (Wildman–Crippen MR) is 188 cm³/mol. The van der Waals surface area contributed by atoms with Gasteiger partial charge >= 0.3 is 0 Å². The molecule has 0 radical (unpaired) electrons. The first kappa shape index (κ1) is 41.0. The standard InChI is InChI=1S/C17H31N5O2.C16H19FN2.C2H6/c1-11(17(10-19-4)12(2)23)14(7-15-5-6-20-15)8-16(24)9-21-22-13(3)18;1-4-13(7-6-10-17)16-9-8-14(11-19-16)15(5-2)12(3)18;1-2/h10-11,14-15,19-21H,5-9H2,1-4H3,(H2,18,22);4-9,11H,2,10,18H2,1,3H3;1-2H3/b17-10+;7-6-,13-4+,15-12+;/t11?,14-,15-;;/m1../s1. The van der Waals surface area contributed by atoms with Gasteiger partial charge < -0.3 is 27.5 Å². The number of pyridine rings is 1. The van der Waals surface area contributed by atoms with Crippen LogP contribution in [0.15, 0.2) is 71.8 Å². The average molecular weight is 626 g/mol. The Morgan fingerprint density at radius 2 is 1.91 bits per heavy atom. The summed E-state index contributed by atoms with van der Waals surface area (Å²) in [5.41, 5.74) is 18.8. The van der Waals surface area contributed by atoms with Gasteiger partial charge in [-0.2, -0.15) is 5.10 Å². The van der Waals surface area contributed by atoms with Crippen LogP contribution in [0, 0.1) is 11.8 Å². The molecule has 2 heterocycles. The average Bonchev–Trinajstić information content (AvgIpc) is 2.99. The summed E-state index contributed by atoms with van der Waals surface area (Å²) in [5, 5.41) is 10.1. The third-order valence-electron chi connectivity index (χ3n) is 7.14. The van der Waals surface area contributed by atoms with Gasteiger partial charge in [0.05, 0.1) is 12.2 Å². The lowest BCUT2D eigenvalue weighted by atomic mass is 9.78. The molecule has 1 aliphatic rings. The zero-order valence-electron chi connectivity index (χ0n) is 28.5. The molecule has 45 heavy (non-hydrogen) atoms. The summed E-state index contributed by atoms with van der Waals surface area (Å²) in [5.74, 6) is 0.632. The fraction of sp³-hybridized carbons (Fsp3) is 0.486. The minimum Gasteiger partial charge on any atom is -0.402 e. The van der Waals surface area contributed by atoms with Crippen LogP contribution in [0.1, 0.15) is 79.0 Å². The van der Waals surface area contributed by atoms with Gasteiger partial charge in [-0.15, -0.1) is 0 Å². The number of Topliss-reactive ketones (excluding diaryl/α,β-unsaturated/α-hetero) is 2. The maximum Gasteiger partial charge on any atom is 0.157 e. The van der Waals surface area contributed by atoms with Crippen molar-refractivity contribution >= 4 is 28.5 Å². The van der Waals surface area contributed by atoms with Gasteiger partial charge in [-0.1, -0.05) is 57.7 Å². The Morgan fingerprint density at radius 3 is 2.33 bits per heavy atom. The van der Waals surface area contributed by atoms with Gasteiger partial charge in [0.15, 0.2) is 11.6 Å². The van der Waals surface area contributed by atoms with Gasteiger partial charge in [-0.05, 0) is 70.6 Å². The first-order chi connectivity index (χ1) is 21.5. The van der Waals surface area contributed by atoms with Crippen LogP contribution in [0.2, 0.25) is 0 Å². The molecule has 1 aromatic rings. The Morgan fingerprint density at radius 1 is 1.24 bits per heavy atom. The number of aromatic nitrogens is 1. The lowest BCUT2D eigenvalue weighted by Crippen LogP contribution is -2.45. The zero-order valence-corrected chi connectivity index (χ0v) is 28.5. The molecule has 1 saturated heterocycles. The van der Waals surface area contributed by atoms with Gasteiger partial charge in [0.1, 0.15) is 12.5 Å². The van der Waals surface area contributed by atoms with Crippen molar-refractivity contribution in [3.05, 3.63) is 77.9 Å². The molecule has 3 atom stereocenters. The normalized spacial score (nSPS) is 16.9. The highest BCUT2D eigenvalue weighted by Gasteiger charge is 2.30. The van der Waals surface area contributed by atoms with Crippen LogP contribution < -0.4 is 27.5 Å².